The predicted molar refractivity (Wildman–Crippen MR) is 123 cm³/mol. The quantitative estimate of drug-likeness (QED) is 0.384. The van der Waals surface area contributed by atoms with Gasteiger partial charge in [-0.25, -0.2) is 4.98 Å². The number of para-hydroxylation sites is 2. The van der Waals surface area contributed by atoms with Crippen molar-refractivity contribution in [1.29, 1.82) is 0 Å². The minimum absolute atomic E-state index is 0.142. The minimum Gasteiger partial charge on any atom is -0.483 e. The Morgan fingerprint density at radius 3 is 2.52 bits per heavy atom. The van der Waals surface area contributed by atoms with E-state index >= 15 is 0 Å². The molecule has 2 heterocycles. The van der Waals surface area contributed by atoms with Crippen LogP contribution in [0.1, 0.15) is 24.5 Å². The number of aromatic nitrogens is 4. The van der Waals surface area contributed by atoms with Crippen LogP contribution in [0.4, 0.5) is 5.13 Å². The van der Waals surface area contributed by atoms with Crippen molar-refractivity contribution in [2.45, 2.75) is 25.1 Å². The Morgan fingerprint density at radius 2 is 1.84 bits per heavy atom. The number of carbonyl (C=O) groups excluding carboxylic acids is 1. The maximum Gasteiger partial charge on any atom is 0.236 e. The monoisotopic (exact) mass is 451 g/mol. The maximum absolute atomic E-state index is 12.4. The van der Waals surface area contributed by atoms with Gasteiger partial charge in [0, 0.05) is 11.1 Å². The van der Waals surface area contributed by atoms with Crippen LogP contribution in [-0.4, -0.2) is 31.4 Å². The second kappa shape index (κ2) is 9.76. The number of hydrogen-bond acceptors (Lipinski definition) is 7. The summed E-state index contributed by atoms with van der Waals surface area (Å²) in [5, 5.41) is 14.7. The smallest absolute Gasteiger partial charge is 0.236 e. The van der Waals surface area contributed by atoms with E-state index in [1.54, 1.807) is 0 Å². The molecule has 0 aliphatic heterocycles. The zero-order valence-electron chi connectivity index (χ0n) is 17.1. The number of rotatable bonds is 8. The largest absolute Gasteiger partial charge is 0.483 e. The van der Waals surface area contributed by atoms with Crippen molar-refractivity contribution in [3.63, 3.8) is 0 Å². The molecule has 4 aromatic rings. The van der Waals surface area contributed by atoms with E-state index in [1.165, 1.54) is 23.1 Å². The molecule has 0 radical (unpaired) electrons. The van der Waals surface area contributed by atoms with Crippen molar-refractivity contribution in [3.05, 3.63) is 77.6 Å². The Bertz CT molecular complexity index is 1150. The Hall–Kier alpha value is -3.17. The molecule has 158 valence electrons. The van der Waals surface area contributed by atoms with Gasteiger partial charge in [-0.15, -0.1) is 21.5 Å². The molecule has 2 aromatic heterocycles. The average Bonchev–Trinajstić information content (AvgIpc) is 3.39. The molecule has 0 saturated heterocycles. The third-order valence-electron chi connectivity index (χ3n) is 4.29. The summed E-state index contributed by atoms with van der Waals surface area (Å²) in [5.74, 6) is 1.47. The number of benzene rings is 2. The Kier molecular flexibility index (Phi) is 6.63. The fourth-order valence-corrected chi connectivity index (χ4v) is 4.37. The predicted octanol–water partition coefficient (Wildman–Crippen LogP) is 4.90. The summed E-state index contributed by atoms with van der Waals surface area (Å²) in [6.45, 7) is 3.83. The van der Waals surface area contributed by atoms with E-state index in [2.05, 4.69) is 20.5 Å². The number of anilines is 1. The van der Waals surface area contributed by atoms with Crippen LogP contribution in [0.15, 0.2) is 71.2 Å². The van der Waals surface area contributed by atoms with Crippen LogP contribution in [0.25, 0.3) is 5.69 Å². The molecular weight excluding hydrogens is 430 g/mol. The van der Waals surface area contributed by atoms with Crippen LogP contribution in [0.3, 0.4) is 0 Å². The SMILES string of the molecule is Cc1csc(NC(=O)CSc2nnc(C(C)Oc3ccccc3)n2-c2ccccc2)n1. The third-order valence-corrected chi connectivity index (χ3v) is 6.09. The highest BCUT2D eigenvalue weighted by molar-refractivity contribution is 7.99. The third kappa shape index (κ3) is 5.31. The standard InChI is InChI=1S/C22H21N5O2S2/c1-15-13-30-21(23-15)24-19(28)14-31-22-26-25-20(27(22)17-9-5-3-6-10-17)16(2)29-18-11-7-4-8-12-18/h3-13,16H,14H2,1-2H3,(H,23,24,28). The highest BCUT2D eigenvalue weighted by Gasteiger charge is 2.21. The summed E-state index contributed by atoms with van der Waals surface area (Å²) < 4.78 is 7.99. The lowest BCUT2D eigenvalue weighted by Gasteiger charge is -2.16. The molecule has 0 aliphatic rings. The number of ether oxygens (including phenoxy) is 1. The molecule has 0 fully saturated rings. The first-order valence-corrected chi connectivity index (χ1v) is 11.5. The number of amides is 1. The van der Waals surface area contributed by atoms with Gasteiger partial charge in [-0.1, -0.05) is 48.2 Å². The van der Waals surface area contributed by atoms with Crippen molar-refractivity contribution in [2.24, 2.45) is 0 Å². The molecule has 1 N–H and O–H groups in total. The van der Waals surface area contributed by atoms with Crippen LogP contribution in [0.2, 0.25) is 0 Å². The van der Waals surface area contributed by atoms with Crippen LogP contribution in [0, 0.1) is 6.92 Å². The molecule has 7 nitrogen and oxygen atoms in total. The van der Waals surface area contributed by atoms with Crippen molar-refractivity contribution >= 4 is 34.1 Å². The molecule has 0 spiro atoms. The molecule has 0 saturated carbocycles. The Morgan fingerprint density at radius 1 is 1.13 bits per heavy atom. The van der Waals surface area contributed by atoms with Gasteiger partial charge < -0.3 is 10.1 Å². The number of nitrogens with one attached hydrogen (secondary N) is 1. The van der Waals surface area contributed by atoms with E-state index in [1.807, 2.05) is 84.5 Å². The van der Waals surface area contributed by atoms with Gasteiger partial charge in [-0.3, -0.25) is 9.36 Å². The molecular formula is C22H21N5O2S2. The number of carbonyl (C=O) groups is 1. The molecule has 0 aliphatic carbocycles. The van der Waals surface area contributed by atoms with Crippen molar-refractivity contribution in [3.8, 4) is 11.4 Å². The van der Waals surface area contributed by atoms with Crippen LogP contribution < -0.4 is 10.1 Å². The highest BCUT2D eigenvalue weighted by atomic mass is 32.2. The number of hydrogen-bond donors (Lipinski definition) is 1. The normalized spacial score (nSPS) is 11.8. The van der Waals surface area contributed by atoms with E-state index < -0.39 is 0 Å². The summed E-state index contributed by atoms with van der Waals surface area (Å²) in [5.41, 5.74) is 1.79. The number of thiazole rings is 1. The van der Waals surface area contributed by atoms with E-state index in [0.29, 0.717) is 16.1 Å². The van der Waals surface area contributed by atoms with E-state index in [0.717, 1.165) is 17.1 Å². The van der Waals surface area contributed by atoms with Crippen LogP contribution in [-0.2, 0) is 4.79 Å². The molecule has 31 heavy (non-hydrogen) atoms. The lowest BCUT2D eigenvalue weighted by atomic mass is 10.3. The molecule has 0 bridgehead atoms. The maximum atomic E-state index is 12.4. The van der Waals surface area contributed by atoms with E-state index in [9.17, 15) is 4.79 Å². The first-order valence-electron chi connectivity index (χ1n) is 9.67. The summed E-state index contributed by atoms with van der Waals surface area (Å²) in [6.07, 6.45) is -0.337. The molecule has 1 atom stereocenters. The zero-order valence-corrected chi connectivity index (χ0v) is 18.7. The van der Waals surface area contributed by atoms with Gasteiger partial charge >= 0.3 is 0 Å². The molecule has 4 rings (SSSR count). The fourth-order valence-electron chi connectivity index (χ4n) is 2.91. The summed E-state index contributed by atoms with van der Waals surface area (Å²) in [7, 11) is 0. The van der Waals surface area contributed by atoms with Crippen molar-refractivity contribution in [1.82, 2.24) is 19.7 Å². The summed E-state index contributed by atoms with van der Waals surface area (Å²) >= 11 is 2.73. The highest BCUT2D eigenvalue weighted by Crippen LogP contribution is 2.28. The number of aryl methyl sites for hydroxylation is 1. The van der Waals surface area contributed by atoms with Gasteiger partial charge in [0.25, 0.3) is 0 Å². The topological polar surface area (TPSA) is 81.9 Å². The Balaban J connectivity index is 1.54. The van der Waals surface area contributed by atoms with Crippen molar-refractivity contribution in [2.75, 3.05) is 11.1 Å². The molecule has 2 aromatic carbocycles. The fraction of sp³-hybridized carbons (Fsp3) is 0.182. The first kappa shape index (κ1) is 21.1. The van der Waals surface area contributed by atoms with E-state index in [4.69, 9.17) is 4.74 Å². The van der Waals surface area contributed by atoms with Gasteiger partial charge in [0.1, 0.15) is 5.75 Å². The second-order valence-electron chi connectivity index (χ2n) is 6.72. The van der Waals surface area contributed by atoms with E-state index in [-0.39, 0.29) is 17.8 Å². The van der Waals surface area contributed by atoms with Crippen LogP contribution >= 0.6 is 23.1 Å². The van der Waals surface area contributed by atoms with Gasteiger partial charge in [0.05, 0.1) is 11.4 Å². The lowest BCUT2D eigenvalue weighted by molar-refractivity contribution is -0.113. The van der Waals surface area contributed by atoms with Gasteiger partial charge in [-0.2, -0.15) is 0 Å². The summed E-state index contributed by atoms with van der Waals surface area (Å²) in [4.78, 5) is 16.6. The lowest BCUT2D eigenvalue weighted by Crippen LogP contribution is -2.15. The first-order chi connectivity index (χ1) is 15.1. The zero-order chi connectivity index (χ0) is 21.6. The van der Waals surface area contributed by atoms with Gasteiger partial charge in [0.2, 0.25) is 5.91 Å². The molecule has 1 amide bonds. The van der Waals surface area contributed by atoms with Gasteiger partial charge in [0.15, 0.2) is 22.2 Å². The summed E-state index contributed by atoms with van der Waals surface area (Å²) in [6, 6.07) is 19.4. The van der Waals surface area contributed by atoms with Crippen molar-refractivity contribution < 1.29 is 9.53 Å². The molecule has 1 unspecified atom stereocenters. The minimum atomic E-state index is -0.337. The van der Waals surface area contributed by atoms with Gasteiger partial charge in [-0.05, 0) is 38.1 Å². The Labute approximate surface area is 188 Å². The average molecular weight is 452 g/mol. The molecule has 9 heteroatoms. The second-order valence-corrected chi connectivity index (χ2v) is 8.52. The van der Waals surface area contributed by atoms with Crippen LogP contribution in [0.5, 0.6) is 5.75 Å². The number of nitrogens with zero attached hydrogens (tertiary/aromatic N) is 4. The number of thioether (sulfide) groups is 1.